The molecule has 20 heteroatoms. The molecule has 2 aromatic rings. The highest BCUT2D eigenvalue weighted by molar-refractivity contribution is 7.98. The second-order valence-corrected chi connectivity index (χ2v) is 21.0. The van der Waals surface area contributed by atoms with Crippen molar-refractivity contribution < 1.29 is 48.3 Å². The van der Waals surface area contributed by atoms with E-state index in [1.807, 2.05) is 38.5 Å². The molecule has 0 unspecified atom stereocenters. The van der Waals surface area contributed by atoms with Crippen molar-refractivity contribution in [2.45, 2.75) is 162 Å². The number of rotatable bonds is 36. The van der Waals surface area contributed by atoms with Crippen LogP contribution in [-0.4, -0.2) is 125 Å². The van der Waals surface area contributed by atoms with Gasteiger partial charge < -0.3 is 47.6 Å². The van der Waals surface area contributed by atoms with Gasteiger partial charge in [-0.3, -0.25) is 38.4 Å². The predicted molar refractivity (Wildman–Crippen MR) is 289 cm³/mol. The van der Waals surface area contributed by atoms with Crippen molar-refractivity contribution in [2.75, 3.05) is 30.6 Å². The van der Waals surface area contributed by atoms with E-state index in [1.54, 1.807) is 57.2 Å². The number of carbonyl (C=O) groups is 9. The van der Waals surface area contributed by atoms with Crippen molar-refractivity contribution >= 4 is 76.6 Å². The number of ketones is 1. The highest BCUT2D eigenvalue weighted by Crippen LogP contribution is 2.13. The van der Waals surface area contributed by atoms with Gasteiger partial charge in [0, 0.05) is 56.1 Å². The molecule has 0 spiro atoms. The highest BCUT2D eigenvalue weighted by atomic mass is 32.2. The molecule has 0 fully saturated rings. The Labute approximate surface area is 440 Å². The maximum Gasteiger partial charge on any atom is 0.326 e. The molecule has 73 heavy (non-hydrogen) atoms. The Morgan fingerprint density at radius 2 is 1.00 bits per heavy atom. The van der Waals surface area contributed by atoms with Crippen LogP contribution in [0.2, 0.25) is 0 Å². The zero-order valence-electron chi connectivity index (χ0n) is 44.3. The molecule has 0 aliphatic heterocycles. The Hall–Kier alpha value is -5.47. The van der Waals surface area contributed by atoms with Gasteiger partial charge in [0.05, 0.1) is 0 Å². The molecule has 0 radical (unpaired) electrons. The second kappa shape index (κ2) is 34.9. The molecule has 0 aliphatic rings. The summed E-state index contributed by atoms with van der Waals surface area (Å²) in [5.74, 6) is -3.98. The maximum atomic E-state index is 13.7. The van der Waals surface area contributed by atoms with E-state index in [2.05, 4.69) is 56.4 Å². The first kappa shape index (κ1) is 63.6. The molecule has 0 heterocycles. The second-order valence-electron chi connectivity index (χ2n) is 19.1. The first-order chi connectivity index (χ1) is 34.7. The minimum absolute atomic E-state index is 0.0817. The van der Waals surface area contributed by atoms with Crippen molar-refractivity contribution in [1.29, 1.82) is 0 Å². The minimum atomic E-state index is -1.24. The lowest BCUT2D eigenvalue weighted by Crippen LogP contribution is -2.57. The molecule has 0 bridgehead atoms. The molecule has 406 valence electrons. The van der Waals surface area contributed by atoms with Gasteiger partial charge in [-0.1, -0.05) is 72.7 Å². The number of hydrogen-bond donors (Lipinski definition) is 9. The van der Waals surface area contributed by atoms with Crippen molar-refractivity contribution in [3.8, 4) is 0 Å². The van der Waals surface area contributed by atoms with Crippen molar-refractivity contribution in [3.63, 3.8) is 0 Å². The number of aliphatic carboxylic acids is 1. The minimum Gasteiger partial charge on any atom is -0.480 e. The van der Waals surface area contributed by atoms with Gasteiger partial charge in [0.25, 0.3) is 11.8 Å². The summed E-state index contributed by atoms with van der Waals surface area (Å²) in [6.07, 6.45) is 7.83. The number of amides is 7. The van der Waals surface area contributed by atoms with E-state index in [-0.39, 0.29) is 42.6 Å². The van der Waals surface area contributed by atoms with E-state index in [1.165, 1.54) is 23.5 Å². The SMILES string of the molecule is CCC(=O)CCCCC(=O)NCCCC[C@H](NC(=O)[C@@H](NC(=O)[C@H](CCSC)NC(=O)c1ccc(CNC(=O)[C@@H](NC(=O)[C@H](CCSC)NC(=O)c2ccc(CNC(C)C)cc2)C(C)C)cc1)C(C)C)C(=O)O. The summed E-state index contributed by atoms with van der Waals surface area (Å²) in [6.45, 7) is 14.0. The van der Waals surface area contributed by atoms with Crippen molar-refractivity contribution in [1.82, 2.24) is 42.5 Å². The number of Topliss-reactive ketones (excluding diaryl/α,β-unsaturated/α-hetero) is 1. The van der Waals surface area contributed by atoms with Crippen LogP contribution in [0.1, 0.15) is 145 Å². The summed E-state index contributed by atoms with van der Waals surface area (Å²) in [7, 11) is 0. The topological polar surface area (TPSA) is 270 Å². The first-order valence-electron chi connectivity index (χ1n) is 25.4. The summed E-state index contributed by atoms with van der Waals surface area (Å²) in [5.41, 5.74) is 2.34. The Bertz CT molecular complexity index is 2090. The molecule has 2 rings (SSSR count). The normalized spacial score (nSPS) is 13.3. The van der Waals surface area contributed by atoms with Gasteiger partial charge in [-0.2, -0.15) is 23.5 Å². The number of carbonyl (C=O) groups excluding carboxylic acids is 8. The molecule has 5 atom stereocenters. The van der Waals surface area contributed by atoms with Crippen LogP contribution in [0.5, 0.6) is 0 Å². The lowest BCUT2D eigenvalue weighted by molar-refractivity contribution is -0.142. The van der Waals surface area contributed by atoms with Crippen LogP contribution < -0.4 is 42.5 Å². The van der Waals surface area contributed by atoms with Crippen LogP contribution in [0.15, 0.2) is 48.5 Å². The van der Waals surface area contributed by atoms with Gasteiger partial charge in [0.2, 0.25) is 29.5 Å². The molecule has 18 nitrogen and oxygen atoms in total. The highest BCUT2D eigenvalue weighted by Gasteiger charge is 2.32. The fourth-order valence-electron chi connectivity index (χ4n) is 7.33. The summed E-state index contributed by atoms with van der Waals surface area (Å²) in [6, 6.07) is 8.76. The van der Waals surface area contributed by atoms with Gasteiger partial charge >= 0.3 is 5.97 Å². The zero-order chi connectivity index (χ0) is 54.5. The Morgan fingerprint density at radius 3 is 1.45 bits per heavy atom. The van der Waals surface area contributed by atoms with Gasteiger partial charge in [0.15, 0.2) is 0 Å². The zero-order valence-corrected chi connectivity index (χ0v) is 45.9. The molecule has 7 amide bonds. The molecule has 2 aromatic carbocycles. The van der Waals surface area contributed by atoms with Gasteiger partial charge in [-0.15, -0.1) is 0 Å². The first-order valence-corrected chi connectivity index (χ1v) is 28.2. The fraction of sp³-hybridized carbons (Fsp3) is 0.604. The van der Waals surface area contributed by atoms with E-state index in [0.717, 1.165) is 5.56 Å². The molecule has 0 saturated carbocycles. The summed E-state index contributed by atoms with van der Waals surface area (Å²) in [4.78, 5) is 117. The van der Waals surface area contributed by atoms with Crippen LogP contribution in [-0.2, 0) is 46.7 Å². The number of thioether (sulfide) groups is 2. The summed E-state index contributed by atoms with van der Waals surface area (Å²) >= 11 is 3.01. The van der Waals surface area contributed by atoms with Crippen molar-refractivity contribution in [2.24, 2.45) is 11.8 Å². The maximum absolute atomic E-state index is 13.7. The quantitative estimate of drug-likeness (QED) is 0.0413. The van der Waals surface area contributed by atoms with Crippen molar-refractivity contribution in [3.05, 3.63) is 70.8 Å². The molecular weight excluding hydrogens is 973 g/mol. The lowest BCUT2D eigenvalue weighted by Gasteiger charge is -2.26. The Balaban J connectivity index is 2.00. The average molecular weight is 1060 g/mol. The summed E-state index contributed by atoms with van der Waals surface area (Å²) in [5, 5.41) is 32.7. The molecule has 0 aliphatic carbocycles. The third kappa shape index (κ3) is 24.9. The predicted octanol–water partition coefficient (Wildman–Crippen LogP) is 4.88. The van der Waals surface area contributed by atoms with E-state index in [0.29, 0.717) is 93.1 Å². The van der Waals surface area contributed by atoms with E-state index < -0.39 is 77.5 Å². The number of carboxylic acids is 1. The Kier molecular flexibility index (Phi) is 30.4. The average Bonchev–Trinajstić information content (AvgIpc) is 3.36. The number of nitrogens with one attached hydrogen (secondary N) is 8. The van der Waals surface area contributed by atoms with Gasteiger partial charge in [-0.05, 0) is 116 Å². The van der Waals surface area contributed by atoms with Crippen LogP contribution in [0, 0.1) is 11.8 Å². The summed E-state index contributed by atoms with van der Waals surface area (Å²) < 4.78 is 0. The number of carboxylic acid groups (broad SMARTS) is 1. The number of unbranched alkanes of at least 4 members (excludes halogenated alkanes) is 2. The Morgan fingerprint density at radius 1 is 0.521 bits per heavy atom. The lowest BCUT2D eigenvalue weighted by atomic mass is 10.0. The standard InChI is InChI=1S/C53H82N8O10S2/c1-10-40(62)15-11-12-17-44(63)54-28-14-13-16-43(53(70)71)59-52(69)46(34(4)5)61-50(67)42(27-30-73-9)58-48(65)39-24-20-37(21-25-39)32-56-51(68)45(33(2)3)60-49(66)41(26-29-72-8)57-47(64)38-22-18-36(19-23-38)31-55-35(6)7/h18-25,33-35,41-43,45-46,55H,10-17,26-32H2,1-9H3,(H,54,63)(H,56,68)(H,57,64)(H,58,65)(H,59,69)(H,60,66)(H,61,67)(H,70,71)/t41-,42-,43-,45-,46-/m0/s1. The van der Waals surface area contributed by atoms with E-state index in [9.17, 15) is 48.3 Å². The fourth-order valence-corrected chi connectivity index (χ4v) is 8.27. The number of benzene rings is 2. The third-order valence-electron chi connectivity index (χ3n) is 11.9. The molecular formula is C53H82N8O10S2. The molecule has 0 aromatic heterocycles. The monoisotopic (exact) mass is 1050 g/mol. The van der Waals surface area contributed by atoms with Crippen LogP contribution in [0.3, 0.4) is 0 Å². The molecule has 9 N–H and O–H groups in total. The largest absolute Gasteiger partial charge is 0.480 e. The van der Waals surface area contributed by atoms with Gasteiger partial charge in [0.1, 0.15) is 36.0 Å². The smallest absolute Gasteiger partial charge is 0.326 e. The van der Waals surface area contributed by atoms with E-state index in [4.69, 9.17) is 0 Å². The third-order valence-corrected chi connectivity index (χ3v) is 13.2. The van der Waals surface area contributed by atoms with E-state index >= 15 is 0 Å². The van der Waals surface area contributed by atoms with Crippen LogP contribution in [0.4, 0.5) is 0 Å². The van der Waals surface area contributed by atoms with Crippen LogP contribution >= 0.6 is 23.5 Å². The van der Waals surface area contributed by atoms with Crippen LogP contribution in [0.25, 0.3) is 0 Å². The molecule has 0 saturated heterocycles. The van der Waals surface area contributed by atoms with Gasteiger partial charge in [-0.25, -0.2) is 4.79 Å². The number of hydrogen-bond acceptors (Lipinski definition) is 12.